The Morgan fingerprint density at radius 1 is 1.09 bits per heavy atom. The molecule has 0 saturated heterocycles. The van der Waals surface area contributed by atoms with Crippen LogP contribution in [0, 0.1) is 6.92 Å². The number of carbonyl (C=O) groups is 1. The van der Waals surface area contributed by atoms with Gasteiger partial charge in [0.25, 0.3) is 5.91 Å². The monoisotopic (exact) mass is 303 g/mol. The van der Waals surface area contributed by atoms with Crippen LogP contribution >= 0.6 is 0 Å². The molecule has 4 heteroatoms. The lowest BCUT2D eigenvalue weighted by Crippen LogP contribution is -2.25. The fourth-order valence-corrected chi connectivity index (χ4v) is 3.08. The van der Waals surface area contributed by atoms with Crippen LogP contribution in [-0.4, -0.2) is 21.0 Å². The van der Waals surface area contributed by atoms with E-state index in [4.69, 9.17) is 0 Å². The number of rotatable bonds is 2. The van der Waals surface area contributed by atoms with Gasteiger partial charge in [-0.3, -0.25) is 9.89 Å². The molecule has 0 radical (unpaired) electrons. The smallest absolute Gasteiger partial charge is 0.254 e. The van der Waals surface area contributed by atoms with Crippen molar-refractivity contribution in [1.82, 2.24) is 15.1 Å². The zero-order valence-electron chi connectivity index (χ0n) is 12.9. The van der Waals surface area contributed by atoms with Gasteiger partial charge in [0.2, 0.25) is 0 Å². The Hall–Kier alpha value is -2.88. The molecule has 0 fully saturated rings. The van der Waals surface area contributed by atoms with Gasteiger partial charge in [-0.1, -0.05) is 42.0 Å². The molecule has 1 aromatic heterocycles. The summed E-state index contributed by atoms with van der Waals surface area (Å²) in [5.74, 6) is 0.0605. The predicted molar refractivity (Wildman–Crippen MR) is 88.8 cm³/mol. The number of fused-ring (bicyclic) bond motifs is 1. The first-order valence-electron chi connectivity index (χ1n) is 7.70. The van der Waals surface area contributed by atoms with Crippen LogP contribution in [0.15, 0.2) is 54.6 Å². The number of amides is 1. The number of benzene rings is 2. The topological polar surface area (TPSA) is 49.0 Å². The van der Waals surface area contributed by atoms with E-state index in [1.807, 2.05) is 41.3 Å². The second-order valence-corrected chi connectivity index (χ2v) is 5.93. The summed E-state index contributed by atoms with van der Waals surface area (Å²) in [5.41, 5.74) is 6.13. The molecule has 1 amide bonds. The van der Waals surface area contributed by atoms with Crippen LogP contribution in [0.5, 0.6) is 0 Å². The van der Waals surface area contributed by atoms with E-state index < -0.39 is 0 Å². The Morgan fingerprint density at radius 3 is 2.70 bits per heavy atom. The van der Waals surface area contributed by atoms with E-state index in [-0.39, 0.29) is 5.91 Å². The van der Waals surface area contributed by atoms with Crippen LogP contribution in [-0.2, 0) is 13.1 Å². The Kier molecular flexibility index (Phi) is 3.23. The summed E-state index contributed by atoms with van der Waals surface area (Å²) >= 11 is 0. The molecular weight excluding hydrogens is 286 g/mol. The van der Waals surface area contributed by atoms with Crippen molar-refractivity contribution < 1.29 is 4.79 Å². The summed E-state index contributed by atoms with van der Waals surface area (Å²) in [4.78, 5) is 14.5. The van der Waals surface area contributed by atoms with Gasteiger partial charge in [0.15, 0.2) is 0 Å². The van der Waals surface area contributed by atoms with Crippen molar-refractivity contribution in [3.63, 3.8) is 0 Å². The van der Waals surface area contributed by atoms with Crippen molar-refractivity contribution in [3.8, 4) is 11.3 Å². The molecule has 0 unspecified atom stereocenters. The number of aromatic nitrogens is 2. The first-order chi connectivity index (χ1) is 11.2. The summed E-state index contributed by atoms with van der Waals surface area (Å²) in [7, 11) is 0. The quantitative estimate of drug-likeness (QED) is 0.787. The maximum Gasteiger partial charge on any atom is 0.254 e. The van der Waals surface area contributed by atoms with Gasteiger partial charge < -0.3 is 4.90 Å². The van der Waals surface area contributed by atoms with Gasteiger partial charge in [0, 0.05) is 16.7 Å². The average Bonchev–Trinajstić information content (AvgIpc) is 3.15. The molecule has 2 aromatic carbocycles. The second kappa shape index (κ2) is 5.39. The van der Waals surface area contributed by atoms with E-state index in [0.717, 1.165) is 28.1 Å². The van der Waals surface area contributed by atoms with Gasteiger partial charge in [-0.05, 0) is 25.1 Å². The molecule has 1 aliphatic rings. The fraction of sp³-hybridized carbons (Fsp3) is 0.158. The van der Waals surface area contributed by atoms with Crippen molar-refractivity contribution in [2.24, 2.45) is 0 Å². The molecule has 114 valence electrons. The first kappa shape index (κ1) is 13.8. The highest BCUT2D eigenvalue weighted by Gasteiger charge is 2.29. The van der Waals surface area contributed by atoms with Crippen LogP contribution in [0.2, 0.25) is 0 Å². The van der Waals surface area contributed by atoms with Gasteiger partial charge in [0.05, 0.1) is 24.5 Å². The minimum absolute atomic E-state index is 0.0605. The summed E-state index contributed by atoms with van der Waals surface area (Å²) in [6.45, 7) is 3.26. The third-order valence-corrected chi connectivity index (χ3v) is 4.25. The summed E-state index contributed by atoms with van der Waals surface area (Å²) in [6.07, 6.45) is 0. The number of carbonyl (C=O) groups excluding carboxylic acids is 1. The first-order valence-corrected chi connectivity index (χ1v) is 7.70. The van der Waals surface area contributed by atoms with Crippen LogP contribution in [0.1, 0.15) is 27.2 Å². The van der Waals surface area contributed by atoms with Crippen LogP contribution in [0.3, 0.4) is 0 Å². The molecule has 0 atom stereocenters. The van der Waals surface area contributed by atoms with E-state index in [0.29, 0.717) is 13.1 Å². The van der Waals surface area contributed by atoms with Crippen molar-refractivity contribution in [3.05, 3.63) is 77.0 Å². The standard InChI is InChI=1S/C19H17N3O/c1-13-6-5-9-15(10-13)18-16-11-22(12-17(16)20-21-18)19(23)14-7-3-2-4-8-14/h2-10H,11-12H2,1H3,(H,20,21). The van der Waals surface area contributed by atoms with Crippen LogP contribution < -0.4 is 0 Å². The fourth-order valence-electron chi connectivity index (χ4n) is 3.08. The number of H-pyrrole nitrogens is 1. The molecule has 0 aliphatic carbocycles. The van der Waals surface area contributed by atoms with Crippen molar-refractivity contribution in [1.29, 1.82) is 0 Å². The Balaban J connectivity index is 1.63. The highest BCUT2D eigenvalue weighted by molar-refractivity contribution is 5.94. The molecule has 4 rings (SSSR count). The highest BCUT2D eigenvalue weighted by atomic mass is 16.2. The van der Waals surface area contributed by atoms with E-state index in [9.17, 15) is 4.79 Å². The summed E-state index contributed by atoms with van der Waals surface area (Å²) in [6, 6.07) is 17.7. The normalized spacial score (nSPS) is 13.2. The second-order valence-electron chi connectivity index (χ2n) is 5.93. The predicted octanol–water partition coefficient (Wildman–Crippen LogP) is 3.54. The minimum Gasteiger partial charge on any atom is -0.328 e. The van der Waals surface area contributed by atoms with Crippen molar-refractivity contribution in [2.75, 3.05) is 0 Å². The van der Waals surface area contributed by atoms with E-state index >= 15 is 0 Å². The van der Waals surface area contributed by atoms with Gasteiger partial charge in [0.1, 0.15) is 0 Å². The number of nitrogens with zero attached hydrogens (tertiary/aromatic N) is 2. The van der Waals surface area contributed by atoms with Crippen LogP contribution in [0.25, 0.3) is 11.3 Å². The van der Waals surface area contributed by atoms with Crippen molar-refractivity contribution >= 4 is 5.91 Å². The third kappa shape index (κ3) is 2.42. The molecule has 0 bridgehead atoms. The molecule has 4 nitrogen and oxygen atoms in total. The maximum atomic E-state index is 12.6. The zero-order chi connectivity index (χ0) is 15.8. The summed E-state index contributed by atoms with van der Waals surface area (Å²) < 4.78 is 0. The molecule has 0 spiro atoms. The van der Waals surface area contributed by atoms with E-state index in [2.05, 4.69) is 35.3 Å². The molecule has 1 N–H and O–H groups in total. The lowest BCUT2D eigenvalue weighted by atomic mass is 10.1. The maximum absolute atomic E-state index is 12.6. The molecule has 1 aliphatic heterocycles. The molecular formula is C19H17N3O. The zero-order valence-corrected chi connectivity index (χ0v) is 12.9. The van der Waals surface area contributed by atoms with Crippen LogP contribution in [0.4, 0.5) is 0 Å². The Morgan fingerprint density at radius 2 is 1.91 bits per heavy atom. The minimum atomic E-state index is 0.0605. The third-order valence-electron chi connectivity index (χ3n) is 4.25. The number of aryl methyl sites for hydroxylation is 1. The van der Waals surface area contributed by atoms with Gasteiger partial charge in [-0.15, -0.1) is 0 Å². The van der Waals surface area contributed by atoms with Gasteiger partial charge >= 0.3 is 0 Å². The average molecular weight is 303 g/mol. The molecule has 2 heterocycles. The number of nitrogens with one attached hydrogen (secondary N) is 1. The number of hydrogen-bond donors (Lipinski definition) is 1. The molecule has 3 aromatic rings. The number of aromatic amines is 1. The highest BCUT2D eigenvalue weighted by Crippen LogP contribution is 2.31. The van der Waals surface area contributed by atoms with Crippen molar-refractivity contribution in [2.45, 2.75) is 20.0 Å². The van der Waals surface area contributed by atoms with Gasteiger partial charge in [-0.25, -0.2) is 0 Å². The molecule has 0 saturated carbocycles. The Labute approximate surface area is 134 Å². The lowest BCUT2D eigenvalue weighted by molar-refractivity contribution is 0.0749. The Bertz CT molecular complexity index is 867. The molecule has 23 heavy (non-hydrogen) atoms. The number of hydrogen-bond acceptors (Lipinski definition) is 2. The van der Waals surface area contributed by atoms with Gasteiger partial charge in [-0.2, -0.15) is 5.10 Å². The van der Waals surface area contributed by atoms with E-state index in [1.54, 1.807) is 0 Å². The largest absolute Gasteiger partial charge is 0.328 e. The SMILES string of the molecule is Cc1cccc(-c2n[nH]c3c2CN(C(=O)c2ccccc2)C3)c1. The van der Waals surface area contributed by atoms with E-state index in [1.165, 1.54) is 5.56 Å². The summed E-state index contributed by atoms with van der Waals surface area (Å²) in [5, 5.41) is 7.55. The lowest BCUT2D eigenvalue weighted by Gasteiger charge is -2.15.